The summed E-state index contributed by atoms with van der Waals surface area (Å²) in [6.45, 7) is 0.130. The van der Waals surface area contributed by atoms with Crippen molar-refractivity contribution in [1.82, 2.24) is 14.9 Å². The van der Waals surface area contributed by atoms with E-state index in [9.17, 15) is 8.42 Å². The molecule has 0 radical (unpaired) electrons. The van der Waals surface area contributed by atoms with Gasteiger partial charge in [-0.2, -0.15) is 10.2 Å². The Hall–Kier alpha value is -1.79. The van der Waals surface area contributed by atoms with Crippen LogP contribution in [-0.2, 0) is 16.6 Å². The fraction of sp³-hybridized carbons (Fsp3) is 0.0909. The summed E-state index contributed by atoms with van der Waals surface area (Å²) in [5, 5.41) is 7.47. The topological polar surface area (TPSA) is 72.0 Å². The molecular formula is C11H11N3O2S. The Bertz CT molecular complexity index is 570. The predicted molar refractivity (Wildman–Crippen MR) is 62.5 cm³/mol. The maximum absolute atomic E-state index is 11.8. The molecule has 5 nitrogen and oxygen atoms in total. The average molecular weight is 249 g/mol. The third-order valence-corrected chi connectivity index (χ3v) is 3.54. The summed E-state index contributed by atoms with van der Waals surface area (Å²) in [5.74, 6) is 0. The molecule has 2 rings (SSSR count). The molecular weight excluding hydrogens is 238 g/mol. The second-order valence-corrected chi connectivity index (χ2v) is 5.12. The van der Waals surface area contributed by atoms with Crippen molar-refractivity contribution in [3.05, 3.63) is 54.4 Å². The van der Waals surface area contributed by atoms with Gasteiger partial charge in [-0.15, -0.1) is 0 Å². The zero-order valence-corrected chi connectivity index (χ0v) is 9.76. The van der Waals surface area contributed by atoms with Gasteiger partial charge in [0.15, 0.2) is 0 Å². The highest BCUT2D eigenvalue weighted by Crippen LogP contribution is 2.07. The number of nitrogens with zero attached hydrogens (tertiary/aromatic N) is 2. The predicted octanol–water partition coefficient (Wildman–Crippen LogP) is 0.955. The fourth-order valence-corrected chi connectivity index (χ4v) is 2.30. The maximum atomic E-state index is 11.8. The van der Waals surface area contributed by atoms with Crippen molar-refractivity contribution < 1.29 is 8.42 Å². The Labute approximate surface area is 99.6 Å². The van der Waals surface area contributed by atoms with Gasteiger partial charge < -0.3 is 0 Å². The molecule has 1 N–H and O–H groups in total. The highest BCUT2D eigenvalue weighted by atomic mass is 32.2. The van der Waals surface area contributed by atoms with E-state index in [0.717, 1.165) is 0 Å². The van der Waals surface area contributed by atoms with Crippen molar-refractivity contribution in [2.75, 3.05) is 0 Å². The molecule has 17 heavy (non-hydrogen) atoms. The quantitative estimate of drug-likeness (QED) is 0.875. The minimum atomic E-state index is -3.48. The zero-order chi connectivity index (χ0) is 12.1. The van der Waals surface area contributed by atoms with Gasteiger partial charge in [0.05, 0.1) is 17.1 Å². The van der Waals surface area contributed by atoms with Crippen LogP contribution in [0.25, 0.3) is 0 Å². The molecule has 1 aromatic carbocycles. The standard InChI is InChI=1S/C11H11N3O2S/c15-17(16,11-6-2-1-3-7-11)13-9-10-5-4-8-12-14-10/h1-8,13H,9H2. The molecule has 0 aliphatic carbocycles. The van der Waals surface area contributed by atoms with E-state index < -0.39 is 10.0 Å². The smallest absolute Gasteiger partial charge is 0.207 e. The molecule has 2 aromatic rings. The second-order valence-electron chi connectivity index (χ2n) is 3.35. The van der Waals surface area contributed by atoms with Crippen molar-refractivity contribution in [3.8, 4) is 0 Å². The van der Waals surface area contributed by atoms with Gasteiger partial charge in [-0.3, -0.25) is 0 Å². The van der Waals surface area contributed by atoms with Crippen LogP contribution in [0.4, 0.5) is 0 Å². The first-order valence-corrected chi connectivity index (χ1v) is 6.48. The number of nitrogens with one attached hydrogen (secondary N) is 1. The monoisotopic (exact) mass is 249 g/mol. The van der Waals surface area contributed by atoms with Crippen LogP contribution in [0.1, 0.15) is 5.69 Å². The van der Waals surface area contributed by atoms with Crippen LogP contribution in [0.2, 0.25) is 0 Å². The van der Waals surface area contributed by atoms with Crippen LogP contribution in [0.5, 0.6) is 0 Å². The lowest BCUT2D eigenvalue weighted by atomic mass is 10.4. The summed E-state index contributed by atoms with van der Waals surface area (Å²) in [6, 6.07) is 11.6. The van der Waals surface area contributed by atoms with Crippen molar-refractivity contribution in [2.24, 2.45) is 0 Å². The minimum Gasteiger partial charge on any atom is -0.207 e. The normalized spacial score (nSPS) is 11.3. The van der Waals surface area contributed by atoms with E-state index in [2.05, 4.69) is 14.9 Å². The van der Waals surface area contributed by atoms with Crippen LogP contribution in [-0.4, -0.2) is 18.6 Å². The molecule has 88 valence electrons. The highest BCUT2D eigenvalue weighted by Gasteiger charge is 2.12. The van der Waals surface area contributed by atoms with Gasteiger partial charge in [0.1, 0.15) is 0 Å². The van der Waals surface area contributed by atoms with Crippen LogP contribution >= 0.6 is 0 Å². The first-order chi connectivity index (χ1) is 8.18. The van der Waals surface area contributed by atoms with E-state index in [1.807, 2.05) is 0 Å². The number of aromatic nitrogens is 2. The van der Waals surface area contributed by atoms with Crippen LogP contribution < -0.4 is 4.72 Å². The van der Waals surface area contributed by atoms with E-state index in [-0.39, 0.29) is 11.4 Å². The van der Waals surface area contributed by atoms with Crippen molar-refractivity contribution in [3.63, 3.8) is 0 Å². The summed E-state index contributed by atoms with van der Waals surface area (Å²) >= 11 is 0. The first-order valence-electron chi connectivity index (χ1n) is 5.00. The van der Waals surface area contributed by atoms with E-state index in [1.165, 1.54) is 6.20 Å². The van der Waals surface area contributed by atoms with E-state index in [1.54, 1.807) is 42.5 Å². The average Bonchev–Trinajstić information content (AvgIpc) is 2.39. The first kappa shape index (κ1) is 11.7. The Balaban J connectivity index is 2.09. The van der Waals surface area contributed by atoms with Crippen molar-refractivity contribution >= 4 is 10.0 Å². The Kier molecular flexibility index (Phi) is 3.46. The molecule has 0 unspecified atom stereocenters. The number of hydrogen-bond donors (Lipinski definition) is 1. The number of rotatable bonds is 4. The van der Waals surface area contributed by atoms with Crippen LogP contribution in [0, 0.1) is 0 Å². The number of sulfonamides is 1. The van der Waals surface area contributed by atoms with Gasteiger partial charge >= 0.3 is 0 Å². The molecule has 6 heteroatoms. The molecule has 1 heterocycles. The van der Waals surface area contributed by atoms with E-state index in [0.29, 0.717) is 5.69 Å². The summed E-state index contributed by atoms with van der Waals surface area (Å²) in [6.07, 6.45) is 1.54. The van der Waals surface area contributed by atoms with Gasteiger partial charge in [-0.1, -0.05) is 18.2 Å². The summed E-state index contributed by atoms with van der Waals surface area (Å²) < 4.78 is 26.2. The molecule has 0 saturated carbocycles. The summed E-state index contributed by atoms with van der Waals surface area (Å²) in [5.41, 5.74) is 0.576. The second kappa shape index (κ2) is 5.03. The molecule has 0 fully saturated rings. The van der Waals surface area contributed by atoms with E-state index in [4.69, 9.17) is 0 Å². The zero-order valence-electron chi connectivity index (χ0n) is 8.95. The third-order valence-electron chi connectivity index (χ3n) is 2.12. The van der Waals surface area contributed by atoms with Crippen LogP contribution in [0.15, 0.2) is 53.6 Å². The SMILES string of the molecule is O=S(=O)(NCc1cccnn1)c1ccccc1. The summed E-state index contributed by atoms with van der Waals surface area (Å²) in [7, 11) is -3.48. The fourth-order valence-electron chi connectivity index (χ4n) is 1.28. The largest absolute Gasteiger partial charge is 0.240 e. The maximum Gasteiger partial charge on any atom is 0.240 e. The molecule has 0 spiro atoms. The lowest BCUT2D eigenvalue weighted by Crippen LogP contribution is -2.23. The molecule has 0 saturated heterocycles. The molecule has 0 bridgehead atoms. The molecule has 0 amide bonds. The molecule has 0 aliphatic rings. The summed E-state index contributed by atoms with van der Waals surface area (Å²) in [4.78, 5) is 0.240. The van der Waals surface area contributed by atoms with Crippen molar-refractivity contribution in [2.45, 2.75) is 11.4 Å². The lowest BCUT2D eigenvalue weighted by molar-refractivity contribution is 0.580. The minimum absolute atomic E-state index is 0.130. The van der Waals surface area contributed by atoms with Gasteiger partial charge in [-0.25, -0.2) is 13.1 Å². The molecule has 1 aromatic heterocycles. The molecule has 0 atom stereocenters. The van der Waals surface area contributed by atoms with Gasteiger partial charge in [0, 0.05) is 6.20 Å². The highest BCUT2D eigenvalue weighted by molar-refractivity contribution is 7.89. The van der Waals surface area contributed by atoms with Gasteiger partial charge in [-0.05, 0) is 24.3 Å². The Morgan fingerprint density at radius 1 is 1.06 bits per heavy atom. The van der Waals surface area contributed by atoms with Gasteiger partial charge in [0.2, 0.25) is 10.0 Å². The molecule has 0 aliphatic heterocycles. The number of hydrogen-bond acceptors (Lipinski definition) is 4. The lowest BCUT2D eigenvalue weighted by Gasteiger charge is -2.05. The van der Waals surface area contributed by atoms with E-state index >= 15 is 0 Å². The number of benzene rings is 1. The van der Waals surface area contributed by atoms with Crippen LogP contribution in [0.3, 0.4) is 0 Å². The third kappa shape index (κ3) is 3.08. The van der Waals surface area contributed by atoms with Gasteiger partial charge in [0.25, 0.3) is 0 Å². The Morgan fingerprint density at radius 2 is 1.82 bits per heavy atom. The van der Waals surface area contributed by atoms with Crippen molar-refractivity contribution in [1.29, 1.82) is 0 Å². The Morgan fingerprint density at radius 3 is 2.47 bits per heavy atom.